The number of hydrogen-bond donors (Lipinski definition) is 1. The Morgan fingerprint density at radius 2 is 1.87 bits per heavy atom. The summed E-state index contributed by atoms with van der Waals surface area (Å²) in [6, 6.07) is 0. The minimum atomic E-state index is -0.823. The van der Waals surface area contributed by atoms with Crippen molar-refractivity contribution >= 4 is 12.3 Å². The van der Waals surface area contributed by atoms with Crippen LogP contribution in [0.5, 0.6) is 0 Å². The number of aldehydes is 1. The van der Waals surface area contributed by atoms with E-state index in [1.807, 2.05) is 27.9 Å². The van der Waals surface area contributed by atoms with Gasteiger partial charge in [0.25, 0.3) is 0 Å². The molecule has 1 N–H and O–H groups in total. The Balaban J connectivity index is 2.91. The molecule has 1 aliphatic rings. The number of hydrogen-bond acceptors (Lipinski definition) is 3. The van der Waals surface area contributed by atoms with Crippen LogP contribution in [-0.4, -0.2) is 36.4 Å². The van der Waals surface area contributed by atoms with Crippen LogP contribution in [0.25, 0.3) is 0 Å². The minimum absolute atomic E-state index is 0.158. The molecule has 0 saturated heterocycles. The third-order valence-electron chi connectivity index (χ3n) is 3.00. The number of carbonyl (C=O) groups excluding carboxylic acids is 1. The van der Waals surface area contributed by atoms with Crippen molar-refractivity contribution in [3.05, 3.63) is 11.8 Å². The third kappa shape index (κ3) is 2.03. The number of allylic oxidation sites excluding steroid dienone is 1. The molecule has 0 unspecified atom stereocenters. The van der Waals surface area contributed by atoms with Crippen molar-refractivity contribution in [3.63, 3.8) is 0 Å². The number of carbonyl (C=O) groups is 2. The first kappa shape index (κ1) is 11.8. The van der Waals surface area contributed by atoms with E-state index in [1.165, 1.54) is 0 Å². The molecule has 0 bridgehead atoms. The summed E-state index contributed by atoms with van der Waals surface area (Å²) in [5.74, 6) is -1.42. The maximum atomic E-state index is 10.9. The molecular weight excluding hydrogens is 194 g/mol. The number of carboxylic acid groups (broad SMARTS) is 1. The van der Waals surface area contributed by atoms with E-state index in [-0.39, 0.29) is 11.3 Å². The van der Waals surface area contributed by atoms with Gasteiger partial charge in [0.2, 0.25) is 0 Å². The lowest BCUT2D eigenvalue weighted by Crippen LogP contribution is -2.07. The van der Waals surface area contributed by atoms with Crippen molar-refractivity contribution in [3.8, 4) is 0 Å². The van der Waals surface area contributed by atoms with E-state index in [0.717, 1.165) is 6.29 Å². The van der Waals surface area contributed by atoms with E-state index in [0.29, 0.717) is 5.57 Å². The van der Waals surface area contributed by atoms with Crippen molar-refractivity contribution in [1.82, 2.24) is 4.90 Å². The normalized spacial score (nSPS) is 28.4. The highest BCUT2D eigenvalue weighted by Gasteiger charge is 2.63. The monoisotopic (exact) mass is 211 g/mol. The molecule has 0 aromatic rings. The second-order valence-electron chi connectivity index (χ2n) is 4.83. The number of rotatable bonds is 4. The summed E-state index contributed by atoms with van der Waals surface area (Å²) in [5, 5.41) is 8.98. The minimum Gasteiger partial charge on any atom is -0.481 e. The van der Waals surface area contributed by atoms with Gasteiger partial charge in [0.05, 0.1) is 5.92 Å². The maximum absolute atomic E-state index is 10.9. The van der Waals surface area contributed by atoms with Gasteiger partial charge in [0.1, 0.15) is 6.29 Å². The Morgan fingerprint density at radius 1 is 1.33 bits per heavy atom. The quantitative estimate of drug-likeness (QED) is 0.556. The molecule has 4 nitrogen and oxygen atoms in total. The number of nitrogens with zero attached hydrogens (tertiary/aromatic N) is 1. The van der Waals surface area contributed by atoms with E-state index in [2.05, 4.69) is 0 Å². The van der Waals surface area contributed by atoms with E-state index < -0.39 is 11.9 Å². The van der Waals surface area contributed by atoms with Crippen molar-refractivity contribution in [1.29, 1.82) is 0 Å². The smallest absolute Gasteiger partial charge is 0.307 e. The molecule has 0 amide bonds. The number of carboxylic acids is 1. The molecule has 84 valence electrons. The first-order valence-electron chi connectivity index (χ1n) is 4.88. The fraction of sp³-hybridized carbons (Fsp3) is 0.636. The average molecular weight is 211 g/mol. The second-order valence-corrected chi connectivity index (χ2v) is 4.83. The standard InChI is InChI=1S/C11H17NO3/c1-11(2)8(9(11)10(14)15)7(6-13)5-12(3)4/h5-6,8-9H,1-4H3,(H,14,15)/b7-5-/t8-,9-/m0/s1. The van der Waals surface area contributed by atoms with Gasteiger partial charge in [-0.15, -0.1) is 0 Å². The maximum Gasteiger partial charge on any atom is 0.307 e. The van der Waals surface area contributed by atoms with Crippen LogP contribution < -0.4 is 0 Å². The third-order valence-corrected chi connectivity index (χ3v) is 3.00. The predicted octanol–water partition coefficient (Wildman–Crippen LogP) is 0.988. The highest BCUT2D eigenvalue weighted by atomic mass is 16.4. The number of aliphatic carboxylic acids is 1. The van der Waals surface area contributed by atoms with Gasteiger partial charge < -0.3 is 10.0 Å². The SMILES string of the molecule is CN(C)/C=C(/C=O)[C@H]1[C@@H](C(=O)O)C1(C)C. The summed E-state index contributed by atoms with van der Waals surface area (Å²) in [6.45, 7) is 3.76. The van der Waals surface area contributed by atoms with Crippen molar-refractivity contribution < 1.29 is 14.7 Å². The molecule has 4 heteroatoms. The molecule has 0 aliphatic heterocycles. The van der Waals surface area contributed by atoms with Gasteiger partial charge in [-0.25, -0.2) is 0 Å². The second kappa shape index (κ2) is 3.68. The van der Waals surface area contributed by atoms with Gasteiger partial charge in [-0.05, 0) is 5.41 Å². The van der Waals surface area contributed by atoms with Gasteiger partial charge in [-0.1, -0.05) is 13.8 Å². The zero-order valence-electron chi connectivity index (χ0n) is 9.52. The predicted molar refractivity (Wildman–Crippen MR) is 56.2 cm³/mol. The molecule has 15 heavy (non-hydrogen) atoms. The van der Waals surface area contributed by atoms with Gasteiger partial charge in [0.15, 0.2) is 0 Å². The molecule has 0 radical (unpaired) electrons. The van der Waals surface area contributed by atoms with Gasteiger partial charge >= 0.3 is 5.97 Å². The summed E-state index contributed by atoms with van der Waals surface area (Å²) < 4.78 is 0. The lowest BCUT2D eigenvalue weighted by molar-refractivity contribution is -0.139. The molecule has 1 fully saturated rings. The summed E-state index contributed by atoms with van der Waals surface area (Å²) >= 11 is 0. The first-order valence-corrected chi connectivity index (χ1v) is 4.88. The molecule has 2 atom stereocenters. The highest BCUT2D eigenvalue weighted by molar-refractivity contribution is 5.83. The van der Waals surface area contributed by atoms with Crippen LogP contribution >= 0.6 is 0 Å². The largest absolute Gasteiger partial charge is 0.481 e. The van der Waals surface area contributed by atoms with E-state index in [1.54, 1.807) is 11.1 Å². The van der Waals surface area contributed by atoms with E-state index >= 15 is 0 Å². The topological polar surface area (TPSA) is 57.6 Å². The van der Waals surface area contributed by atoms with Crippen LogP contribution in [0.2, 0.25) is 0 Å². The Kier molecular flexibility index (Phi) is 2.88. The van der Waals surface area contributed by atoms with Crippen LogP contribution in [0.4, 0.5) is 0 Å². The molecular formula is C11H17NO3. The van der Waals surface area contributed by atoms with E-state index in [9.17, 15) is 9.59 Å². The van der Waals surface area contributed by atoms with Crippen LogP contribution in [0.1, 0.15) is 13.8 Å². The highest BCUT2D eigenvalue weighted by Crippen LogP contribution is 2.61. The van der Waals surface area contributed by atoms with Crippen molar-refractivity contribution in [2.45, 2.75) is 13.8 Å². The zero-order valence-corrected chi connectivity index (χ0v) is 9.52. The van der Waals surface area contributed by atoms with Crippen LogP contribution in [-0.2, 0) is 9.59 Å². The molecule has 0 spiro atoms. The zero-order chi connectivity index (χ0) is 11.8. The molecule has 0 aromatic heterocycles. The lowest BCUT2D eigenvalue weighted by atomic mass is 10.0. The molecule has 0 aromatic carbocycles. The Morgan fingerprint density at radius 3 is 2.13 bits per heavy atom. The van der Waals surface area contributed by atoms with Gasteiger partial charge in [-0.2, -0.15) is 0 Å². The molecule has 1 saturated carbocycles. The fourth-order valence-electron chi connectivity index (χ4n) is 2.20. The summed E-state index contributed by atoms with van der Waals surface area (Å²) in [4.78, 5) is 23.6. The molecule has 1 rings (SSSR count). The summed E-state index contributed by atoms with van der Waals surface area (Å²) in [5.41, 5.74) is 0.256. The van der Waals surface area contributed by atoms with Crippen LogP contribution in [0.3, 0.4) is 0 Å². The lowest BCUT2D eigenvalue weighted by Gasteiger charge is -2.07. The summed E-state index contributed by atoms with van der Waals surface area (Å²) in [7, 11) is 3.63. The Hall–Kier alpha value is -1.32. The fourth-order valence-corrected chi connectivity index (χ4v) is 2.20. The van der Waals surface area contributed by atoms with Gasteiger partial charge in [-0.3, -0.25) is 9.59 Å². The first-order chi connectivity index (χ1) is 6.82. The van der Waals surface area contributed by atoms with Crippen molar-refractivity contribution in [2.24, 2.45) is 17.3 Å². The Bertz CT molecular complexity index is 318. The van der Waals surface area contributed by atoms with Crippen molar-refractivity contribution in [2.75, 3.05) is 14.1 Å². The van der Waals surface area contributed by atoms with E-state index in [4.69, 9.17) is 5.11 Å². The molecule has 0 heterocycles. The molecule has 1 aliphatic carbocycles. The van der Waals surface area contributed by atoms with Crippen LogP contribution in [0, 0.1) is 17.3 Å². The Labute approximate surface area is 89.6 Å². The summed E-state index contributed by atoms with van der Waals surface area (Å²) in [6.07, 6.45) is 2.46. The van der Waals surface area contributed by atoms with Crippen LogP contribution in [0.15, 0.2) is 11.8 Å². The average Bonchev–Trinajstić information content (AvgIpc) is 2.64. The van der Waals surface area contributed by atoms with Gasteiger partial charge in [0, 0.05) is 31.8 Å².